The Morgan fingerprint density at radius 2 is 2.20 bits per heavy atom. The molecule has 1 N–H and O–H groups in total. The molecule has 0 amide bonds. The van der Waals surface area contributed by atoms with Crippen LogP contribution in [0.1, 0.15) is 51.8 Å². The number of rotatable bonds is 7. The van der Waals surface area contributed by atoms with Crippen LogP contribution in [0.15, 0.2) is 6.20 Å². The van der Waals surface area contributed by atoms with E-state index in [4.69, 9.17) is 4.74 Å². The van der Waals surface area contributed by atoms with Crippen LogP contribution in [0.25, 0.3) is 0 Å². The van der Waals surface area contributed by atoms with Crippen LogP contribution < -0.4 is 5.32 Å². The molecular formula is C16H29N3O. The Balaban J connectivity index is 1.94. The van der Waals surface area contributed by atoms with E-state index < -0.39 is 0 Å². The maximum Gasteiger partial charge on any atom is 0.0666 e. The molecule has 0 spiro atoms. The van der Waals surface area contributed by atoms with Gasteiger partial charge in [-0.1, -0.05) is 20.8 Å². The van der Waals surface area contributed by atoms with E-state index in [1.165, 1.54) is 11.3 Å². The van der Waals surface area contributed by atoms with Crippen molar-refractivity contribution in [2.24, 2.45) is 12.5 Å². The molecular weight excluding hydrogens is 250 g/mol. The van der Waals surface area contributed by atoms with Gasteiger partial charge in [0, 0.05) is 43.4 Å². The highest BCUT2D eigenvalue weighted by Gasteiger charge is 2.50. The molecule has 4 nitrogen and oxygen atoms in total. The molecule has 3 unspecified atom stereocenters. The SMILES string of the molecule is CCOC1CC(NCc2cn(C)nc2CC)C1(C)CC. The zero-order valence-corrected chi connectivity index (χ0v) is 13.6. The first kappa shape index (κ1) is 15.5. The lowest BCUT2D eigenvalue weighted by Crippen LogP contribution is -2.61. The van der Waals surface area contributed by atoms with E-state index in [0.29, 0.717) is 12.1 Å². The summed E-state index contributed by atoms with van der Waals surface area (Å²) in [5.41, 5.74) is 2.80. The average Bonchev–Trinajstić information content (AvgIpc) is 2.81. The first-order valence-electron chi connectivity index (χ1n) is 7.91. The third-order valence-electron chi connectivity index (χ3n) is 4.98. The summed E-state index contributed by atoms with van der Waals surface area (Å²) < 4.78 is 7.77. The smallest absolute Gasteiger partial charge is 0.0666 e. The maximum absolute atomic E-state index is 5.86. The molecule has 1 aromatic heterocycles. The summed E-state index contributed by atoms with van der Waals surface area (Å²) in [6, 6.07) is 0.550. The first-order chi connectivity index (χ1) is 9.55. The maximum atomic E-state index is 5.86. The molecule has 4 heteroatoms. The third-order valence-corrected chi connectivity index (χ3v) is 4.98. The van der Waals surface area contributed by atoms with Gasteiger partial charge in [0.1, 0.15) is 0 Å². The van der Waals surface area contributed by atoms with E-state index in [2.05, 4.69) is 44.3 Å². The minimum Gasteiger partial charge on any atom is -0.378 e. The fraction of sp³-hybridized carbons (Fsp3) is 0.812. The summed E-state index contributed by atoms with van der Waals surface area (Å²) >= 11 is 0. The second-order valence-corrected chi connectivity index (χ2v) is 6.10. The number of hydrogen-bond donors (Lipinski definition) is 1. The Hall–Kier alpha value is -0.870. The zero-order chi connectivity index (χ0) is 14.8. The Labute approximate surface area is 122 Å². The van der Waals surface area contributed by atoms with Crippen LogP contribution >= 0.6 is 0 Å². The van der Waals surface area contributed by atoms with E-state index in [1.54, 1.807) is 0 Å². The Bertz CT molecular complexity index is 443. The summed E-state index contributed by atoms with van der Waals surface area (Å²) in [5.74, 6) is 0. The molecule has 0 bridgehead atoms. The molecule has 0 aromatic carbocycles. The van der Waals surface area contributed by atoms with Crippen molar-refractivity contribution in [1.29, 1.82) is 0 Å². The van der Waals surface area contributed by atoms with Crippen molar-refractivity contribution >= 4 is 0 Å². The molecule has 1 saturated carbocycles. The highest BCUT2D eigenvalue weighted by Crippen LogP contribution is 2.45. The van der Waals surface area contributed by atoms with E-state index in [-0.39, 0.29) is 5.41 Å². The molecule has 0 saturated heterocycles. The second kappa shape index (κ2) is 6.27. The molecule has 1 aromatic rings. The van der Waals surface area contributed by atoms with Crippen LogP contribution in [0.4, 0.5) is 0 Å². The van der Waals surface area contributed by atoms with Crippen LogP contribution in [0, 0.1) is 5.41 Å². The fourth-order valence-electron chi connectivity index (χ4n) is 3.33. The predicted octanol–water partition coefficient (Wildman–Crippen LogP) is 2.67. The summed E-state index contributed by atoms with van der Waals surface area (Å²) in [4.78, 5) is 0. The molecule has 1 aliphatic rings. The Kier molecular flexibility index (Phi) is 4.86. The van der Waals surface area contributed by atoms with Gasteiger partial charge in [-0.05, 0) is 26.2 Å². The van der Waals surface area contributed by atoms with Crippen LogP contribution in [-0.4, -0.2) is 28.5 Å². The molecule has 3 atom stereocenters. The van der Waals surface area contributed by atoms with Crippen molar-refractivity contribution < 1.29 is 4.74 Å². The molecule has 1 fully saturated rings. The largest absolute Gasteiger partial charge is 0.378 e. The Morgan fingerprint density at radius 3 is 2.80 bits per heavy atom. The lowest BCUT2D eigenvalue weighted by molar-refractivity contribution is -0.126. The van der Waals surface area contributed by atoms with Gasteiger partial charge in [0.2, 0.25) is 0 Å². The van der Waals surface area contributed by atoms with Crippen molar-refractivity contribution in [2.75, 3.05) is 6.61 Å². The van der Waals surface area contributed by atoms with Gasteiger partial charge in [0.15, 0.2) is 0 Å². The number of ether oxygens (including phenoxy) is 1. The molecule has 2 rings (SSSR count). The monoisotopic (exact) mass is 279 g/mol. The topological polar surface area (TPSA) is 39.1 Å². The van der Waals surface area contributed by atoms with Gasteiger partial charge < -0.3 is 10.1 Å². The van der Waals surface area contributed by atoms with Crippen LogP contribution in [-0.2, 0) is 24.8 Å². The quantitative estimate of drug-likeness (QED) is 0.834. The fourth-order valence-corrected chi connectivity index (χ4v) is 3.33. The molecule has 0 radical (unpaired) electrons. The van der Waals surface area contributed by atoms with Crippen molar-refractivity contribution in [3.8, 4) is 0 Å². The van der Waals surface area contributed by atoms with E-state index in [9.17, 15) is 0 Å². The lowest BCUT2D eigenvalue weighted by Gasteiger charge is -2.53. The molecule has 20 heavy (non-hydrogen) atoms. The number of nitrogens with zero attached hydrogens (tertiary/aromatic N) is 2. The highest BCUT2D eigenvalue weighted by atomic mass is 16.5. The van der Waals surface area contributed by atoms with Gasteiger partial charge in [-0.25, -0.2) is 0 Å². The minimum atomic E-state index is 0.268. The number of aryl methyl sites for hydroxylation is 2. The van der Waals surface area contributed by atoms with Crippen molar-refractivity contribution in [2.45, 2.75) is 65.6 Å². The van der Waals surface area contributed by atoms with Crippen LogP contribution in [0.5, 0.6) is 0 Å². The second-order valence-electron chi connectivity index (χ2n) is 6.10. The van der Waals surface area contributed by atoms with Gasteiger partial charge in [-0.15, -0.1) is 0 Å². The number of hydrogen-bond acceptors (Lipinski definition) is 3. The molecule has 114 valence electrons. The minimum absolute atomic E-state index is 0.268. The normalized spacial score (nSPS) is 29.4. The zero-order valence-electron chi connectivity index (χ0n) is 13.6. The first-order valence-corrected chi connectivity index (χ1v) is 7.91. The lowest BCUT2D eigenvalue weighted by atomic mass is 9.61. The van der Waals surface area contributed by atoms with Crippen molar-refractivity contribution in [1.82, 2.24) is 15.1 Å². The summed E-state index contributed by atoms with van der Waals surface area (Å²) in [6.07, 6.45) is 5.82. The predicted molar refractivity (Wildman–Crippen MR) is 81.6 cm³/mol. The van der Waals surface area contributed by atoms with E-state index in [0.717, 1.165) is 32.4 Å². The van der Waals surface area contributed by atoms with Crippen molar-refractivity contribution in [3.05, 3.63) is 17.5 Å². The highest BCUT2D eigenvalue weighted by molar-refractivity contribution is 5.17. The van der Waals surface area contributed by atoms with E-state index in [1.807, 2.05) is 11.7 Å². The Morgan fingerprint density at radius 1 is 1.45 bits per heavy atom. The van der Waals surface area contributed by atoms with Crippen molar-refractivity contribution in [3.63, 3.8) is 0 Å². The summed E-state index contributed by atoms with van der Waals surface area (Å²) in [6.45, 7) is 10.6. The molecule has 1 aliphatic carbocycles. The van der Waals surface area contributed by atoms with Crippen LogP contribution in [0.2, 0.25) is 0 Å². The van der Waals surface area contributed by atoms with Crippen LogP contribution in [0.3, 0.4) is 0 Å². The molecule has 0 aliphatic heterocycles. The third kappa shape index (κ3) is 2.77. The van der Waals surface area contributed by atoms with Gasteiger partial charge in [-0.2, -0.15) is 5.10 Å². The molecule has 1 heterocycles. The standard InChI is InChI=1S/C16H29N3O/c1-6-13-12(11-19(5)18-13)10-17-14-9-15(20-8-3)16(14,4)7-2/h11,14-15,17H,6-10H2,1-5H3. The van der Waals surface area contributed by atoms with E-state index >= 15 is 0 Å². The van der Waals surface area contributed by atoms with Gasteiger partial charge >= 0.3 is 0 Å². The van der Waals surface area contributed by atoms with Gasteiger partial charge in [-0.3, -0.25) is 4.68 Å². The number of nitrogens with one attached hydrogen (secondary N) is 1. The van der Waals surface area contributed by atoms with Gasteiger partial charge in [0.05, 0.1) is 11.8 Å². The summed E-state index contributed by atoms with van der Waals surface area (Å²) in [5, 5.41) is 8.22. The average molecular weight is 279 g/mol. The summed E-state index contributed by atoms with van der Waals surface area (Å²) in [7, 11) is 1.99. The number of aromatic nitrogens is 2. The van der Waals surface area contributed by atoms with Gasteiger partial charge in [0.25, 0.3) is 0 Å².